The highest BCUT2D eigenvalue weighted by Gasteiger charge is 2.12. The largest absolute Gasteiger partial charge is 0.323 e. The maximum absolute atomic E-state index is 13.2. The number of benzene rings is 2. The number of hydrogen-bond acceptors (Lipinski definition) is 2. The summed E-state index contributed by atoms with van der Waals surface area (Å²) in [7, 11) is 0. The van der Waals surface area contributed by atoms with Gasteiger partial charge >= 0.3 is 0 Å². The van der Waals surface area contributed by atoms with Gasteiger partial charge in [-0.2, -0.15) is 0 Å². The van der Waals surface area contributed by atoms with Crippen LogP contribution in [0.1, 0.15) is 11.6 Å². The summed E-state index contributed by atoms with van der Waals surface area (Å²) in [6.07, 6.45) is 0. The van der Waals surface area contributed by atoms with Crippen molar-refractivity contribution in [3.05, 3.63) is 63.3 Å². The Morgan fingerprint density at radius 1 is 1.26 bits per heavy atom. The molecule has 0 radical (unpaired) electrons. The molecule has 1 atom stereocenters. The second kappa shape index (κ2) is 6.75. The second-order valence-electron chi connectivity index (χ2n) is 4.04. The van der Waals surface area contributed by atoms with Crippen molar-refractivity contribution in [2.24, 2.45) is 5.73 Å². The highest BCUT2D eigenvalue weighted by molar-refractivity contribution is 9.10. The Labute approximate surface area is 129 Å². The molecule has 0 heterocycles. The van der Waals surface area contributed by atoms with Crippen LogP contribution < -0.4 is 5.73 Å². The first kappa shape index (κ1) is 14.9. The Balaban J connectivity index is 2.05. The van der Waals surface area contributed by atoms with E-state index in [9.17, 15) is 4.39 Å². The first-order valence-corrected chi connectivity index (χ1v) is 7.81. The predicted octanol–water partition coefficient (Wildman–Crippen LogP) is 5.03. The zero-order chi connectivity index (χ0) is 13.8. The van der Waals surface area contributed by atoms with E-state index in [4.69, 9.17) is 17.3 Å². The predicted molar refractivity (Wildman–Crippen MR) is 83.2 cm³/mol. The standard InChI is InChI=1S/C14H12BrClFNS/c15-9-2-1-3-11(6-9)19-8-14(18)12-7-10(17)4-5-13(12)16/h1-7,14H,8,18H2. The molecular weight excluding hydrogens is 349 g/mol. The third-order valence-electron chi connectivity index (χ3n) is 2.58. The van der Waals surface area contributed by atoms with E-state index in [1.54, 1.807) is 11.8 Å². The lowest BCUT2D eigenvalue weighted by Gasteiger charge is -2.13. The highest BCUT2D eigenvalue weighted by Crippen LogP contribution is 2.29. The Morgan fingerprint density at radius 3 is 2.79 bits per heavy atom. The van der Waals surface area contributed by atoms with Gasteiger partial charge in [0, 0.05) is 26.2 Å². The van der Waals surface area contributed by atoms with Gasteiger partial charge < -0.3 is 5.73 Å². The lowest BCUT2D eigenvalue weighted by Crippen LogP contribution is -2.13. The van der Waals surface area contributed by atoms with E-state index in [0.717, 1.165) is 9.37 Å². The van der Waals surface area contributed by atoms with Crippen LogP contribution in [0.25, 0.3) is 0 Å². The number of nitrogens with two attached hydrogens (primary N) is 1. The Morgan fingerprint density at radius 2 is 2.05 bits per heavy atom. The number of thioether (sulfide) groups is 1. The van der Waals surface area contributed by atoms with Crippen molar-refractivity contribution in [3.8, 4) is 0 Å². The molecule has 0 spiro atoms. The number of hydrogen-bond donors (Lipinski definition) is 1. The summed E-state index contributed by atoms with van der Waals surface area (Å²) in [4.78, 5) is 1.11. The van der Waals surface area contributed by atoms with E-state index in [0.29, 0.717) is 16.3 Å². The van der Waals surface area contributed by atoms with Crippen molar-refractivity contribution in [3.63, 3.8) is 0 Å². The zero-order valence-electron chi connectivity index (χ0n) is 9.95. The van der Waals surface area contributed by atoms with Crippen LogP contribution in [0.15, 0.2) is 51.8 Å². The van der Waals surface area contributed by atoms with Crippen LogP contribution in [0.3, 0.4) is 0 Å². The van der Waals surface area contributed by atoms with Gasteiger partial charge in [-0.15, -0.1) is 11.8 Å². The van der Waals surface area contributed by atoms with Crippen molar-refractivity contribution < 1.29 is 4.39 Å². The first-order chi connectivity index (χ1) is 9.06. The van der Waals surface area contributed by atoms with Crippen molar-refractivity contribution in [2.75, 3.05) is 5.75 Å². The summed E-state index contributed by atoms with van der Waals surface area (Å²) in [6, 6.07) is 11.9. The molecule has 19 heavy (non-hydrogen) atoms. The lowest BCUT2D eigenvalue weighted by atomic mass is 10.1. The minimum Gasteiger partial charge on any atom is -0.323 e. The zero-order valence-corrected chi connectivity index (χ0v) is 13.1. The quantitative estimate of drug-likeness (QED) is 0.774. The van der Waals surface area contributed by atoms with E-state index in [1.807, 2.05) is 24.3 Å². The number of rotatable bonds is 4. The van der Waals surface area contributed by atoms with Gasteiger partial charge in [0.2, 0.25) is 0 Å². The molecule has 0 amide bonds. The van der Waals surface area contributed by atoms with Crippen LogP contribution in [-0.4, -0.2) is 5.75 Å². The average molecular weight is 361 g/mol. The topological polar surface area (TPSA) is 26.0 Å². The minimum atomic E-state index is -0.317. The normalized spacial score (nSPS) is 12.4. The summed E-state index contributed by atoms with van der Waals surface area (Å²) >= 11 is 11.1. The molecule has 0 fully saturated rings. The third-order valence-corrected chi connectivity index (χ3v) is 4.53. The fraction of sp³-hybridized carbons (Fsp3) is 0.143. The highest BCUT2D eigenvalue weighted by atomic mass is 79.9. The summed E-state index contributed by atoms with van der Waals surface area (Å²) in [6.45, 7) is 0. The Bertz CT molecular complexity index is 579. The smallest absolute Gasteiger partial charge is 0.123 e. The molecule has 100 valence electrons. The maximum Gasteiger partial charge on any atom is 0.123 e. The summed E-state index contributed by atoms with van der Waals surface area (Å²) in [5.74, 6) is 0.321. The van der Waals surface area contributed by atoms with Crippen LogP contribution in [0, 0.1) is 5.82 Å². The fourth-order valence-corrected chi connectivity index (χ4v) is 3.38. The first-order valence-electron chi connectivity index (χ1n) is 5.65. The molecule has 1 nitrogen and oxygen atoms in total. The molecule has 5 heteroatoms. The summed E-state index contributed by atoms with van der Waals surface area (Å²) in [5.41, 5.74) is 6.71. The number of halogens is 3. The lowest BCUT2D eigenvalue weighted by molar-refractivity contribution is 0.623. The molecule has 0 saturated heterocycles. The van der Waals surface area contributed by atoms with Crippen LogP contribution >= 0.6 is 39.3 Å². The Hall–Kier alpha value is -0.550. The summed E-state index contributed by atoms with van der Waals surface area (Å²) < 4.78 is 14.2. The van der Waals surface area contributed by atoms with Gasteiger partial charge in [-0.3, -0.25) is 0 Å². The molecule has 2 aromatic carbocycles. The van der Waals surface area contributed by atoms with Crippen LogP contribution in [0.2, 0.25) is 5.02 Å². The molecule has 0 aromatic heterocycles. The molecule has 2 aromatic rings. The van der Waals surface area contributed by atoms with Gasteiger partial charge in [-0.05, 0) is 42.0 Å². The van der Waals surface area contributed by atoms with Crippen LogP contribution in [0.4, 0.5) is 4.39 Å². The maximum atomic E-state index is 13.2. The molecule has 0 saturated carbocycles. The SMILES string of the molecule is NC(CSc1cccc(Br)c1)c1cc(F)ccc1Cl. The van der Waals surface area contributed by atoms with Crippen LogP contribution in [-0.2, 0) is 0 Å². The minimum absolute atomic E-state index is 0.299. The van der Waals surface area contributed by atoms with Gasteiger partial charge in [0.25, 0.3) is 0 Å². The van der Waals surface area contributed by atoms with Gasteiger partial charge in [0.1, 0.15) is 5.82 Å². The molecule has 0 aliphatic carbocycles. The van der Waals surface area contributed by atoms with Crippen molar-refractivity contribution in [2.45, 2.75) is 10.9 Å². The fourth-order valence-electron chi connectivity index (χ4n) is 1.63. The Kier molecular flexibility index (Phi) is 5.28. The van der Waals surface area contributed by atoms with Gasteiger partial charge in [0.15, 0.2) is 0 Å². The molecule has 0 aliphatic rings. The van der Waals surface area contributed by atoms with E-state index < -0.39 is 0 Å². The van der Waals surface area contributed by atoms with E-state index in [1.165, 1.54) is 18.2 Å². The molecule has 2 N–H and O–H groups in total. The van der Waals surface area contributed by atoms with E-state index in [2.05, 4.69) is 15.9 Å². The third kappa shape index (κ3) is 4.21. The second-order valence-corrected chi connectivity index (χ2v) is 6.46. The van der Waals surface area contributed by atoms with Gasteiger partial charge in [-0.25, -0.2) is 4.39 Å². The van der Waals surface area contributed by atoms with Crippen molar-refractivity contribution in [1.82, 2.24) is 0 Å². The van der Waals surface area contributed by atoms with E-state index in [-0.39, 0.29) is 11.9 Å². The molecule has 0 bridgehead atoms. The average Bonchev–Trinajstić information content (AvgIpc) is 2.39. The van der Waals surface area contributed by atoms with Crippen LogP contribution in [0.5, 0.6) is 0 Å². The van der Waals surface area contributed by atoms with E-state index >= 15 is 0 Å². The van der Waals surface area contributed by atoms with Gasteiger partial charge in [0.05, 0.1) is 0 Å². The molecule has 1 unspecified atom stereocenters. The van der Waals surface area contributed by atoms with Crippen molar-refractivity contribution >= 4 is 39.3 Å². The monoisotopic (exact) mass is 359 g/mol. The van der Waals surface area contributed by atoms with Gasteiger partial charge in [-0.1, -0.05) is 33.6 Å². The molecule has 0 aliphatic heterocycles. The van der Waals surface area contributed by atoms with Crippen molar-refractivity contribution in [1.29, 1.82) is 0 Å². The molecule has 2 rings (SSSR count). The molecular formula is C14H12BrClFNS. The summed E-state index contributed by atoms with van der Waals surface area (Å²) in [5, 5.41) is 0.503.